The maximum absolute atomic E-state index is 14.0. The molecule has 0 aliphatic carbocycles. The van der Waals surface area contributed by atoms with Gasteiger partial charge in [-0.25, -0.2) is 23.5 Å². The highest BCUT2D eigenvalue weighted by Gasteiger charge is 2.47. The van der Waals surface area contributed by atoms with E-state index in [1.54, 1.807) is 4.90 Å². The van der Waals surface area contributed by atoms with Gasteiger partial charge in [-0.1, -0.05) is 12.1 Å². The van der Waals surface area contributed by atoms with Gasteiger partial charge in [0.2, 0.25) is 11.9 Å². The second-order valence-corrected chi connectivity index (χ2v) is 7.81. The summed E-state index contributed by atoms with van der Waals surface area (Å²) in [7, 11) is 0. The number of carbonyl (C=O) groups excluding carboxylic acids is 1. The highest BCUT2D eigenvalue weighted by atomic mass is 19.4. The molecule has 12 heteroatoms. The Morgan fingerprint density at radius 3 is 2.33 bits per heavy atom. The van der Waals surface area contributed by atoms with Crippen LogP contribution in [0.5, 0.6) is 0 Å². The molecule has 0 unspecified atom stereocenters. The molecule has 33 heavy (non-hydrogen) atoms. The van der Waals surface area contributed by atoms with E-state index in [1.807, 2.05) is 19.9 Å². The van der Waals surface area contributed by atoms with E-state index >= 15 is 0 Å². The van der Waals surface area contributed by atoms with E-state index in [9.17, 15) is 26.7 Å². The molecule has 2 aliphatic rings. The smallest absolute Gasteiger partial charge is 0.475 e. The van der Waals surface area contributed by atoms with Crippen molar-refractivity contribution in [3.8, 4) is 0 Å². The molecule has 3 heterocycles. The van der Waals surface area contributed by atoms with Crippen LogP contribution in [0.3, 0.4) is 0 Å². The van der Waals surface area contributed by atoms with Gasteiger partial charge in [0.15, 0.2) is 11.6 Å². The SMILES string of the molecule is Cc1cc(C)nc(N2CC[C@H]3[C@@H]2CC(=O)N3Cc2cccc(F)c2F)n1.O=C(O)C(F)(F)F. The maximum Gasteiger partial charge on any atom is 0.490 e. The van der Waals surface area contributed by atoms with Gasteiger partial charge in [-0.05, 0) is 32.4 Å². The Morgan fingerprint density at radius 2 is 1.76 bits per heavy atom. The van der Waals surface area contributed by atoms with Gasteiger partial charge in [-0.3, -0.25) is 4.79 Å². The third-order valence-corrected chi connectivity index (χ3v) is 5.46. The number of amides is 1. The molecule has 2 saturated heterocycles. The Labute approximate surface area is 185 Å². The number of carboxylic acid groups (broad SMARTS) is 1. The molecule has 1 N–H and O–H groups in total. The Balaban J connectivity index is 0.000000383. The molecule has 2 aliphatic heterocycles. The second kappa shape index (κ2) is 9.28. The fourth-order valence-electron chi connectivity index (χ4n) is 4.07. The number of likely N-dealkylation sites (tertiary alicyclic amines) is 1. The molecule has 0 spiro atoms. The zero-order valence-electron chi connectivity index (χ0n) is 17.7. The summed E-state index contributed by atoms with van der Waals surface area (Å²) in [4.78, 5) is 34.2. The molecule has 2 aromatic rings. The van der Waals surface area contributed by atoms with E-state index in [0.29, 0.717) is 12.4 Å². The number of benzene rings is 1. The lowest BCUT2D eigenvalue weighted by atomic mass is 10.1. The van der Waals surface area contributed by atoms with E-state index in [4.69, 9.17) is 9.90 Å². The number of aliphatic carboxylic acids is 1. The number of hydrogen-bond donors (Lipinski definition) is 1. The first-order chi connectivity index (χ1) is 15.4. The van der Waals surface area contributed by atoms with E-state index in [1.165, 1.54) is 12.1 Å². The van der Waals surface area contributed by atoms with Crippen molar-refractivity contribution in [1.29, 1.82) is 0 Å². The molecule has 0 radical (unpaired) electrons. The first-order valence-corrected chi connectivity index (χ1v) is 10.00. The normalized spacial score (nSPS) is 19.9. The van der Waals surface area contributed by atoms with Gasteiger partial charge in [0.05, 0.1) is 12.1 Å². The highest BCUT2D eigenvalue weighted by molar-refractivity contribution is 5.81. The van der Waals surface area contributed by atoms with Crippen molar-refractivity contribution in [2.24, 2.45) is 0 Å². The van der Waals surface area contributed by atoms with Gasteiger partial charge in [-0.15, -0.1) is 0 Å². The number of anilines is 1. The summed E-state index contributed by atoms with van der Waals surface area (Å²) in [5.74, 6) is -3.93. The van der Waals surface area contributed by atoms with Crippen molar-refractivity contribution in [3.05, 3.63) is 52.9 Å². The lowest BCUT2D eigenvalue weighted by Crippen LogP contribution is -2.37. The Morgan fingerprint density at radius 1 is 1.15 bits per heavy atom. The Kier molecular flexibility index (Phi) is 6.84. The number of hydrogen-bond acceptors (Lipinski definition) is 5. The monoisotopic (exact) mass is 472 g/mol. The minimum atomic E-state index is -5.08. The molecule has 1 amide bonds. The van der Waals surface area contributed by atoms with E-state index in [0.717, 1.165) is 30.4 Å². The number of alkyl halides is 3. The molecule has 2 atom stereocenters. The van der Waals surface area contributed by atoms with Crippen LogP contribution < -0.4 is 4.90 Å². The lowest BCUT2D eigenvalue weighted by Gasteiger charge is -2.26. The topological polar surface area (TPSA) is 86.6 Å². The van der Waals surface area contributed by atoms with Gasteiger partial charge in [0, 0.05) is 36.5 Å². The summed E-state index contributed by atoms with van der Waals surface area (Å²) in [6, 6.07) is 5.93. The number of aromatic nitrogens is 2. The van der Waals surface area contributed by atoms with Crippen LogP contribution in [0.2, 0.25) is 0 Å². The van der Waals surface area contributed by atoms with E-state index < -0.39 is 23.8 Å². The van der Waals surface area contributed by atoms with Crippen molar-refractivity contribution in [3.63, 3.8) is 0 Å². The molecule has 7 nitrogen and oxygen atoms in total. The zero-order chi connectivity index (χ0) is 24.5. The average molecular weight is 472 g/mol. The third-order valence-electron chi connectivity index (χ3n) is 5.46. The maximum atomic E-state index is 14.0. The Bertz CT molecular complexity index is 1040. The summed E-state index contributed by atoms with van der Waals surface area (Å²) in [6.07, 6.45) is -3.97. The second-order valence-electron chi connectivity index (χ2n) is 7.81. The summed E-state index contributed by atoms with van der Waals surface area (Å²) < 4.78 is 59.2. The van der Waals surface area contributed by atoms with Crippen LogP contribution in [0.4, 0.5) is 27.9 Å². The third kappa shape index (κ3) is 5.37. The van der Waals surface area contributed by atoms with Gasteiger partial charge < -0.3 is 14.9 Å². The van der Waals surface area contributed by atoms with Crippen molar-refractivity contribution >= 4 is 17.8 Å². The number of carbonyl (C=O) groups is 2. The van der Waals surface area contributed by atoms with E-state index in [-0.39, 0.29) is 30.1 Å². The fourth-order valence-corrected chi connectivity index (χ4v) is 4.07. The zero-order valence-corrected chi connectivity index (χ0v) is 17.7. The number of carboxylic acids is 1. The molecule has 1 aromatic heterocycles. The largest absolute Gasteiger partial charge is 0.490 e. The summed E-state index contributed by atoms with van der Waals surface area (Å²) in [6.45, 7) is 4.67. The van der Waals surface area contributed by atoms with Crippen LogP contribution in [0.25, 0.3) is 0 Å². The molecular formula is C21H21F5N4O3. The van der Waals surface area contributed by atoms with Crippen molar-refractivity contribution < 1.29 is 36.6 Å². The number of rotatable bonds is 3. The van der Waals surface area contributed by atoms with Crippen LogP contribution in [0, 0.1) is 25.5 Å². The first kappa shape index (κ1) is 24.3. The van der Waals surface area contributed by atoms with Crippen LogP contribution in [0.15, 0.2) is 24.3 Å². The summed E-state index contributed by atoms with van der Waals surface area (Å²) in [5, 5.41) is 7.12. The molecular weight excluding hydrogens is 451 g/mol. The minimum Gasteiger partial charge on any atom is -0.475 e. The minimum absolute atomic E-state index is 0.0275. The summed E-state index contributed by atoms with van der Waals surface area (Å²) in [5.41, 5.74) is 1.98. The van der Waals surface area contributed by atoms with Crippen LogP contribution in [-0.4, -0.2) is 56.7 Å². The predicted molar refractivity (Wildman–Crippen MR) is 106 cm³/mol. The van der Waals surface area contributed by atoms with Gasteiger partial charge in [0.1, 0.15) is 0 Å². The lowest BCUT2D eigenvalue weighted by molar-refractivity contribution is -0.192. The Hall–Kier alpha value is -3.31. The van der Waals surface area contributed by atoms with Gasteiger partial charge >= 0.3 is 12.1 Å². The van der Waals surface area contributed by atoms with Crippen LogP contribution in [-0.2, 0) is 16.1 Å². The molecule has 4 rings (SSSR count). The summed E-state index contributed by atoms with van der Waals surface area (Å²) >= 11 is 0. The number of fused-ring (bicyclic) bond motifs is 1. The number of nitrogens with zero attached hydrogens (tertiary/aromatic N) is 4. The molecule has 2 fully saturated rings. The first-order valence-electron chi connectivity index (χ1n) is 10.00. The molecule has 1 aromatic carbocycles. The fraction of sp³-hybridized carbons (Fsp3) is 0.429. The van der Waals surface area contributed by atoms with Crippen LogP contribution >= 0.6 is 0 Å². The van der Waals surface area contributed by atoms with E-state index in [2.05, 4.69) is 14.9 Å². The predicted octanol–water partition coefficient (Wildman–Crippen LogP) is 3.38. The number of halogens is 5. The van der Waals surface area contributed by atoms with Gasteiger partial charge in [-0.2, -0.15) is 13.2 Å². The standard InChI is InChI=1S/C19H20F2N4O.C2HF3O2/c1-11-8-12(2)23-19(22-11)24-7-6-15-16(24)9-17(26)25(15)10-13-4-3-5-14(20)18(13)21;3-2(4,5)1(6)7/h3-5,8,15-16H,6-7,9-10H2,1-2H3;(H,6,7)/t15-,16-;/m0./s1. The van der Waals surface area contributed by atoms with Crippen molar-refractivity contribution in [1.82, 2.24) is 14.9 Å². The van der Waals surface area contributed by atoms with Crippen molar-refractivity contribution in [2.45, 2.75) is 51.5 Å². The van der Waals surface area contributed by atoms with Gasteiger partial charge in [0.25, 0.3) is 0 Å². The highest BCUT2D eigenvalue weighted by Crippen LogP contribution is 2.35. The van der Waals surface area contributed by atoms with Crippen LogP contribution in [0.1, 0.15) is 29.8 Å². The quantitative estimate of drug-likeness (QED) is 0.690. The molecule has 0 bridgehead atoms. The number of aryl methyl sites for hydroxylation is 2. The van der Waals surface area contributed by atoms with Crippen molar-refractivity contribution in [2.75, 3.05) is 11.4 Å². The molecule has 0 saturated carbocycles. The average Bonchev–Trinajstić information content (AvgIpc) is 3.23. The molecule has 178 valence electrons.